The molecule has 0 aliphatic heterocycles. The van der Waals surface area contributed by atoms with E-state index in [0.717, 1.165) is 12.1 Å². The highest BCUT2D eigenvalue weighted by Gasteiger charge is 2.10. The van der Waals surface area contributed by atoms with Crippen molar-refractivity contribution in [2.75, 3.05) is 12.4 Å². The van der Waals surface area contributed by atoms with E-state index < -0.39 is 0 Å². The molecule has 0 bridgehead atoms. The monoisotopic (exact) mass is 274 g/mol. The van der Waals surface area contributed by atoms with E-state index in [0.29, 0.717) is 5.56 Å². The fourth-order valence-electron chi connectivity index (χ4n) is 1.88. The maximum Gasteiger partial charge on any atom is 0.251 e. The Labute approximate surface area is 117 Å². The van der Waals surface area contributed by atoms with Crippen LogP contribution in [0.3, 0.4) is 0 Å². The highest BCUT2D eigenvalue weighted by atomic mass is 32.1. The van der Waals surface area contributed by atoms with Gasteiger partial charge in [-0.3, -0.25) is 4.79 Å². The molecule has 100 valence electrons. The van der Waals surface area contributed by atoms with Crippen molar-refractivity contribution in [1.29, 1.82) is 0 Å². The molecule has 2 rings (SSSR count). The maximum absolute atomic E-state index is 12.1. The maximum atomic E-state index is 12.1. The number of thiophene rings is 1. The van der Waals surface area contributed by atoms with Gasteiger partial charge in [0.2, 0.25) is 0 Å². The van der Waals surface area contributed by atoms with Crippen molar-refractivity contribution in [2.45, 2.75) is 19.4 Å². The zero-order valence-electron chi connectivity index (χ0n) is 11.1. The number of carbonyl (C=O) groups excluding carboxylic acids is 1. The summed E-state index contributed by atoms with van der Waals surface area (Å²) in [6, 6.07) is 11.7. The molecule has 4 heteroatoms. The van der Waals surface area contributed by atoms with Gasteiger partial charge in [0.15, 0.2) is 0 Å². The van der Waals surface area contributed by atoms with Crippen molar-refractivity contribution in [3.05, 3.63) is 52.2 Å². The van der Waals surface area contributed by atoms with Gasteiger partial charge in [-0.1, -0.05) is 6.07 Å². The molecule has 2 N–H and O–H groups in total. The lowest BCUT2D eigenvalue weighted by Crippen LogP contribution is -2.33. The minimum atomic E-state index is -0.0216. The van der Waals surface area contributed by atoms with Gasteiger partial charge in [0, 0.05) is 35.6 Å². The fraction of sp³-hybridized carbons (Fsp3) is 0.267. The van der Waals surface area contributed by atoms with Crippen molar-refractivity contribution >= 4 is 22.9 Å². The molecule has 1 atom stereocenters. The van der Waals surface area contributed by atoms with Crippen LogP contribution in [0.2, 0.25) is 0 Å². The SMILES string of the molecule is CNc1ccc(C(=O)NC(C)Cc2cccs2)cc1. The van der Waals surface area contributed by atoms with Crippen LogP contribution in [-0.4, -0.2) is 19.0 Å². The standard InChI is InChI=1S/C15H18N2OS/c1-11(10-14-4-3-9-19-14)17-15(18)12-5-7-13(16-2)8-6-12/h3-9,11,16H,10H2,1-2H3,(H,17,18). The smallest absolute Gasteiger partial charge is 0.251 e. The second kappa shape index (κ2) is 6.38. The van der Waals surface area contributed by atoms with E-state index in [-0.39, 0.29) is 11.9 Å². The predicted molar refractivity (Wildman–Crippen MR) is 80.9 cm³/mol. The molecule has 3 nitrogen and oxygen atoms in total. The predicted octanol–water partition coefficient (Wildman–Crippen LogP) is 3.15. The summed E-state index contributed by atoms with van der Waals surface area (Å²) < 4.78 is 0. The summed E-state index contributed by atoms with van der Waals surface area (Å²) in [5.41, 5.74) is 1.69. The van der Waals surface area contributed by atoms with Crippen molar-refractivity contribution in [3.63, 3.8) is 0 Å². The Balaban J connectivity index is 1.92. The molecule has 0 aliphatic carbocycles. The van der Waals surface area contributed by atoms with Crippen molar-refractivity contribution in [3.8, 4) is 0 Å². The van der Waals surface area contributed by atoms with Gasteiger partial charge in [-0.15, -0.1) is 11.3 Å². The van der Waals surface area contributed by atoms with Crippen LogP contribution in [0.4, 0.5) is 5.69 Å². The number of anilines is 1. The Morgan fingerprint density at radius 2 is 2.00 bits per heavy atom. The van der Waals surface area contributed by atoms with E-state index in [4.69, 9.17) is 0 Å². The Kier molecular flexibility index (Phi) is 4.58. The number of amides is 1. The van der Waals surface area contributed by atoms with Crippen LogP contribution in [-0.2, 0) is 6.42 Å². The molecule has 1 aromatic carbocycles. The molecule has 1 unspecified atom stereocenters. The topological polar surface area (TPSA) is 41.1 Å². The molecular formula is C15H18N2OS. The van der Waals surface area contributed by atoms with Gasteiger partial charge >= 0.3 is 0 Å². The molecule has 0 spiro atoms. The van der Waals surface area contributed by atoms with Crippen LogP contribution in [0.15, 0.2) is 41.8 Å². The lowest BCUT2D eigenvalue weighted by atomic mass is 10.1. The van der Waals surface area contributed by atoms with Gasteiger partial charge in [-0.05, 0) is 42.6 Å². The molecule has 0 saturated carbocycles. The van der Waals surface area contributed by atoms with E-state index in [1.165, 1.54) is 4.88 Å². The van der Waals surface area contributed by atoms with E-state index >= 15 is 0 Å². The summed E-state index contributed by atoms with van der Waals surface area (Å²) in [4.78, 5) is 13.3. The van der Waals surface area contributed by atoms with Gasteiger partial charge in [0.25, 0.3) is 5.91 Å². The summed E-state index contributed by atoms with van der Waals surface area (Å²) in [5, 5.41) is 8.11. The lowest BCUT2D eigenvalue weighted by molar-refractivity contribution is 0.0940. The second-order valence-corrected chi connectivity index (χ2v) is 5.52. The number of hydrogen-bond acceptors (Lipinski definition) is 3. The zero-order chi connectivity index (χ0) is 13.7. The molecule has 0 saturated heterocycles. The van der Waals surface area contributed by atoms with E-state index in [9.17, 15) is 4.79 Å². The summed E-state index contributed by atoms with van der Waals surface area (Å²) in [6.45, 7) is 2.03. The van der Waals surface area contributed by atoms with E-state index in [1.807, 2.05) is 44.3 Å². The van der Waals surface area contributed by atoms with Gasteiger partial charge in [0.1, 0.15) is 0 Å². The first kappa shape index (κ1) is 13.6. The second-order valence-electron chi connectivity index (χ2n) is 4.49. The molecular weight excluding hydrogens is 256 g/mol. The summed E-state index contributed by atoms with van der Waals surface area (Å²) in [6.07, 6.45) is 0.873. The van der Waals surface area contributed by atoms with Crippen LogP contribution < -0.4 is 10.6 Å². The summed E-state index contributed by atoms with van der Waals surface area (Å²) >= 11 is 1.72. The van der Waals surface area contributed by atoms with Gasteiger partial charge < -0.3 is 10.6 Å². The Morgan fingerprint density at radius 3 is 2.58 bits per heavy atom. The van der Waals surface area contributed by atoms with E-state index in [1.54, 1.807) is 11.3 Å². The summed E-state index contributed by atoms with van der Waals surface area (Å²) in [7, 11) is 1.86. The Morgan fingerprint density at radius 1 is 1.26 bits per heavy atom. The first-order chi connectivity index (χ1) is 9.19. The molecule has 0 radical (unpaired) electrons. The summed E-state index contributed by atoms with van der Waals surface area (Å²) in [5.74, 6) is -0.0216. The average Bonchev–Trinajstić information content (AvgIpc) is 2.91. The minimum Gasteiger partial charge on any atom is -0.388 e. The third-order valence-corrected chi connectivity index (χ3v) is 3.80. The molecule has 1 heterocycles. The fourth-order valence-corrected chi connectivity index (χ4v) is 2.71. The number of benzene rings is 1. The lowest BCUT2D eigenvalue weighted by Gasteiger charge is -2.13. The molecule has 0 aliphatic rings. The van der Waals surface area contributed by atoms with Crippen LogP contribution >= 0.6 is 11.3 Å². The Hall–Kier alpha value is -1.81. The third-order valence-electron chi connectivity index (χ3n) is 2.90. The van der Waals surface area contributed by atoms with Crippen LogP contribution in [0, 0.1) is 0 Å². The van der Waals surface area contributed by atoms with Crippen molar-refractivity contribution < 1.29 is 4.79 Å². The first-order valence-electron chi connectivity index (χ1n) is 6.30. The van der Waals surface area contributed by atoms with Crippen LogP contribution in [0.25, 0.3) is 0 Å². The quantitative estimate of drug-likeness (QED) is 0.879. The average molecular weight is 274 g/mol. The number of rotatable bonds is 5. The molecule has 1 aromatic heterocycles. The number of hydrogen-bond donors (Lipinski definition) is 2. The highest BCUT2D eigenvalue weighted by Crippen LogP contribution is 2.12. The van der Waals surface area contributed by atoms with Gasteiger partial charge in [-0.25, -0.2) is 0 Å². The van der Waals surface area contributed by atoms with Crippen LogP contribution in [0.1, 0.15) is 22.2 Å². The first-order valence-corrected chi connectivity index (χ1v) is 7.18. The van der Waals surface area contributed by atoms with Crippen molar-refractivity contribution in [2.24, 2.45) is 0 Å². The minimum absolute atomic E-state index is 0.0216. The molecule has 2 aromatic rings. The van der Waals surface area contributed by atoms with Crippen LogP contribution in [0.5, 0.6) is 0 Å². The van der Waals surface area contributed by atoms with Gasteiger partial charge in [0.05, 0.1) is 0 Å². The largest absolute Gasteiger partial charge is 0.388 e. The highest BCUT2D eigenvalue weighted by molar-refractivity contribution is 7.09. The molecule has 1 amide bonds. The third kappa shape index (κ3) is 3.83. The Bertz CT molecular complexity index is 520. The van der Waals surface area contributed by atoms with Gasteiger partial charge in [-0.2, -0.15) is 0 Å². The number of carbonyl (C=O) groups is 1. The van der Waals surface area contributed by atoms with Crippen molar-refractivity contribution in [1.82, 2.24) is 5.32 Å². The van der Waals surface area contributed by atoms with E-state index in [2.05, 4.69) is 22.1 Å². The normalized spacial score (nSPS) is 11.9. The zero-order valence-corrected chi connectivity index (χ0v) is 12.0. The molecule has 19 heavy (non-hydrogen) atoms. The molecule has 0 fully saturated rings. The number of nitrogens with one attached hydrogen (secondary N) is 2.